The van der Waals surface area contributed by atoms with Crippen LogP contribution >= 0.6 is 0 Å². The molecular formula is C16H22N6O. The van der Waals surface area contributed by atoms with Crippen LogP contribution in [0.2, 0.25) is 0 Å². The lowest BCUT2D eigenvalue weighted by atomic mass is 10.00. The van der Waals surface area contributed by atoms with Crippen LogP contribution < -0.4 is 0 Å². The van der Waals surface area contributed by atoms with E-state index in [9.17, 15) is 4.79 Å². The summed E-state index contributed by atoms with van der Waals surface area (Å²) in [6, 6.07) is 3.91. The molecule has 3 rings (SSSR count). The van der Waals surface area contributed by atoms with Crippen LogP contribution in [0.1, 0.15) is 25.6 Å². The molecule has 2 aromatic heterocycles. The Balaban J connectivity index is 1.69. The Kier molecular flexibility index (Phi) is 4.27. The number of likely N-dealkylation sites (tertiary alicyclic amines) is 1. The van der Waals surface area contributed by atoms with Crippen LogP contribution in [0.25, 0.3) is 11.4 Å². The van der Waals surface area contributed by atoms with Crippen molar-refractivity contribution in [3.05, 3.63) is 30.4 Å². The van der Waals surface area contributed by atoms with Crippen molar-refractivity contribution in [2.24, 2.45) is 7.05 Å². The molecule has 7 nitrogen and oxygen atoms in total. The standard InChI is InChI=1S/C16H22N6O/c1-4-21(5-2)16(23)22-10-13(11-22)15-18-14(19-20(15)3)12-6-8-17-9-7-12/h6-9,13H,4-5,10-11H2,1-3H3. The smallest absolute Gasteiger partial charge is 0.320 e. The maximum atomic E-state index is 12.3. The third kappa shape index (κ3) is 2.91. The van der Waals surface area contributed by atoms with Crippen molar-refractivity contribution >= 4 is 6.03 Å². The predicted molar refractivity (Wildman–Crippen MR) is 86.9 cm³/mol. The number of aryl methyl sites for hydroxylation is 1. The molecule has 0 radical (unpaired) electrons. The lowest BCUT2D eigenvalue weighted by molar-refractivity contribution is 0.114. The first-order valence-corrected chi connectivity index (χ1v) is 7.99. The second-order valence-electron chi connectivity index (χ2n) is 5.71. The zero-order valence-corrected chi connectivity index (χ0v) is 13.8. The Bertz CT molecular complexity index is 673. The van der Waals surface area contributed by atoms with Gasteiger partial charge in [-0.2, -0.15) is 5.10 Å². The van der Waals surface area contributed by atoms with E-state index < -0.39 is 0 Å². The molecule has 122 valence electrons. The predicted octanol–water partition coefficient (Wildman–Crippen LogP) is 1.74. The number of rotatable bonds is 4. The summed E-state index contributed by atoms with van der Waals surface area (Å²) in [6.07, 6.45) is 3.47. The first kappa shape index (κ1) is 15.5. The van der Waals surface area contributed by atoms with Crippen LogP contribution in [0.4, 0.5) is 4.79 Å². The van der Waals surface area contributed by atoms with Crippen LogP contribution in [-0.4, -0.2) is 61.8 Å². The van der Waals surface area contributed by atoms with Crippen molar-refractivity contribution < 1.29 is 4.79 Å². The molecule has 0 atom stereocenters. The largest absolute Gasteiger partial charge is 0.325 e. The number of urea groups is 1. The summed E-state index contributed by atoms with van der Waals surface area (Å²) in [5, 5.41) is 4.49. The molecule has 1 aliphatic rings. The summed E-state index contributed by atoms with van der Waals surface area (Å²) in [7, 11) is 1.90. The molecule has 1 aliphatic heterocycles. The SMILES string of the molecule is CCN(CC)C(=O)N1CC(c2nc(-c3ccncc3)nn2C)C1. The van der Waals surface area contributed by atoms with Gasteiger partial charge in [-0.3, -0.25) is 9.67 Å². The maximum absolute atomic E-state index is 12.3. The third-order valence-corrected chi connectivity index (χ3v) is 4.29. The van der Waals surface area contributed by atoms with E-state index in [4.69, 9.17) is 0 Å². The lowest BCUT2D eigenvalue weighted by Gasteiger charge is -2.40. The minimum Gasteiger partial charge on any atom is -0.325 e. The van der Waals surface area contributed by atoms with Gasteiger partial charge in [0, 0.05) is 51.2 Å². The molecule has 0 spiro atoms. The zero-order valence-electron chi connectivity index (χ0n) is 13.8. The number of hydrogen-bond acceptors (Lipinski definition) is 4. The summed E-state index contributed by atoms with van der Waals surface area (Å²) < 4.78 is 1.82. The highest BCUT2D eigenvalue weighted by Crippen LogP contribution is 2.28. The second kappa shape index (κ2) is 6.36. The Hall–Kier alpha value is -2.44. The normalized spacial score (nSPS) is 14.7. The van der Waals surface area contributed by atoms with Crippen LogP contribution in [0, 0.1) is 0 Å². The molecule has 3 heterocycles. The first-order chi connectivity index (χ1) is 11.1. The monoisotopic (exact) mass is 314 g/mol. The van der Waals surface area contributed by atoms with E-state index in [1.807, 2.05) is 47.5 Å². The fraction of sp³-hybridized carbons (Fsp3) is 0.500. The molecule has 0 aromatic carbocycles. The molecular weight excluding hydrogens is 292 g/mol. The Morgan fingerprint density at radius 2 is 1.91 bits per heavy atom. The van der Waals surface area contributed by atoms with Crippen LogP contribution in [-0.2, 0) is 7.05 Å². The molecule has 2 aromatic rings. The highest BCUT2D eigenvalue weighted by atomic mass is 16.2. The first-order valence-electron chi connectivity index (χ1n) is 7.99. The zero-order chi connectivity index (χ0) is 16.4. The molecule has 2 amide bonds. The Morgan fingerprint density at radius 1 is 1.26 bits per heavy atom. The minimum absolute atomic E-state index is 0.114. The average Bonchev–Trinajstić information content (AvgIpc) is 2.90. The average molecular weight is 314 g/mol. The molecule has 0 bridgehead atoms. The van der Waals surface area contributed by atoms with Gasteiger partial charge in [-0.15, -0.1) is 0 Å². The van der Waals surface area contributed by atoms with E-state index in [-0.39, 0.29) is 11.9 Å². The van der Waals surface area contributed by atoms with Gasteiger partial charge < -0.3 is 9.80 Å². The number of amides is 2. The topological polar surface area (TPSA) is 67.2 Å². The van der Waals surface area contributed by atoms with Gasteiger partial charge in [-0.1, -0.05) is 0 Å². The molecule has 0 N–H and O–H groups in total. The van der Waals surface area contributed by atoms with Gasteiger partial charge in [-0.25, -0.2) is 9.78 Å². The van der Waals surface area contributed by atoms with Gasteiger partial charge in [-0.05, 0) is 26.0 Å². The highest BCUT2D eigenvalue weighted by molar-refractivity contribution is 5.75. The second-order valence-corrected chi connectivity index (χ2v) is 5.71. The highest BCUT2D eigenvalue weighted by Gasteiger charge is 2.36. The Morgan fingerprint density at radius 3 is 2.52 bits per heavy atom. The van der Waals surface area contributed by atoms with Crippen molar-refractivity contribution in [3.8, 4) is 11.4 Å². The molecule has 23 heavy (non-hydrogen) atoms. The van der Waals surface area contributed by atoms with Gasteiger partial charge in [0.15, 0.2) is 5.82 Å². The van der Waals surface area contributed by atoms with Gasteiger partial charge in [0.25, 0.3) is 0 Å². The summed E-state index contributed by atoms with van der Waals surface area (Å²) in [5.74, 6) is 1.89. The van der Waals surface area contributed by atoms with Crippen molar-refractivity contribution in [2.75, 3.05) is 26.2 Å². The molecule has 7 heteroatoms. The van der Waals surface area contributed by atoms with E-state index in [1.165, 1.54) is 0 Å². The van der Waals surface area contributed by atoms with E-state index >= 15 is 0 Å². The van der Waals surface area contributed by atoms with Crippen molar-refractivity contribution in [3.63, 3.8) is 0 Å². The minimum atomic E-state index is 0.114. The number of aromatic nitrogens is 4. The van der Waals surface area contributed by atoms with Gasteiger partial charge in [0.2, 0.25) is 0 Å². The fourth-order valence-electron chi connectivity index (χ4n) is 2.87. The third-order valence-electron chi connectivity index (χ3n) is 4.29. The quantitative estimate of drug-likeness (QED) is 0.862. The van der Waals surface area contributed by atoms with Gasteiger partial charge in [0.1, 0.15) is 5.82 Å². The molecule has 0 unspecified atom stereocenters. The van der Waals surface area contributed by atoms with Crippen LogP contribution in [0.5, 0.6) is 0 Å². The van der Waals surface area contributed by atoms with Gasteiger partial charge in [0.05, 0.1) is 5.92 Å². The molecule has 1 saturated heterocycles. The van der Waals surface area contributed by atoms with E-state index in [0.29, 0.717) is 18.9 Å². The fourth-order valence-corrected chi connectivity index (χ4v) is 2.87. The summed E-state index contributed by atoms with van der Waals surface area (Å²) in [5.41, 5.74) is 0.956. The summed E-state index contributed by atoms with van der Waals surface area (Å²) >= 11 is 0. The number of pyridine rings is 1. The van der Waals surface area contributed by atoms with Crippen LogP contribution in [0.3, 0.4) is 0 Å². The van der Waals surface area contributed by atoms with Crippen LogP contribution in [0.15, 0.2) is 24.5 Å². The number of carbonyl (C=O) groups is 1. The van der Waals surface area contributed by atoms with Gasteiger partial charge >= 0.3 is 6.03 Å². The summed E-state index contributed by atoms with van der Waals surface area (Å²) in [6.45, 7) is 6.90. The Labute approximate surface area is 135 Å². The maximum Gasteiger partial charge on any atom is 0.320 e. The van der Waals surface area contributed by atoms with Crippen molar-refractivity contribution in [1.82, 2.24) is 29.5 Å². The van der Waals surface area contributed by atoms with E-state index in [1.54, 1.807) is 12.4 Å². The van der Waals surface area contributed by atoms with Crippen molar-refractivity contribution in [2.45, 2.75) is 19.8 Å². The van der Waals surface area contributed by atoms with Crippen molar-refractivity contribution in [1.29, 1.82) is 0 Å². The summed E-state index contributed by atoms with van der Waals surface area (Å²) in [4.78, 5) is 24.7. The number of hydrogen-bond donors (Lipinski definition) is 0. The number of carbonyl (C=O) groups excluding carboxylic acids is 1. The number of nitrogens with zero attached hydrogens (tertiary/aromatic N) is 6. The molecule has 0 aliphatic carbocycles. The van der Waals surface area contributed by atoms with E-state index in [2.05, 4.69) is 15.1 Å². The lowest BCUT2D eigenvalue weighted by Crippen LogP contribution is -2.54. The van der Waals surface area contributed by atoms with E-state index in [0.717, 1.165) is 24.5 Å². The molecule has 1 fully saturated rings. The molecule has 0 saturated carbocycles.